The van der Waals surface area contributed by atoms with Crippen molar-refractivity contribution in [3.05, 3.63) is 0 Å². The fourth-order valence-corrected chi connectivity index (χ4v) is 0.585. The van der Waals surface area contributed by atoms with Gasteiger partial charge in [0.2, 0.25) is 0 Å². The third-order valence-electron chi connectivity index (χ3n) is 1.30. The van der Waals surface area contributed by atoms with Crippen LogP contribution in [0.1, 0.15) is 19.3 Å². The molecule has 1 saturated carbocycles. The molecule has 0 bridgehead atoms. The molecule has 0 spiro atoms. The number of ether oxygens (including phenoxy) is 1. The summed E-state index contributed by atoms with van der Waals surface area (Å²) in [5, 5.41) is 0. The summed E-state index contributed by atoms with van der Waals surface area (Å²) in [5.74, 6) is 0. The van der Waals surface area contributed by atoms with E-state index in [9.17, 15) is 4.79 Å². The normalized spacial score (nSPS) is 18.0. The fraction of sp³-hybridized carbons (Fsp3) is 0.800. The Morgan fingerprint density at radius 2 is 2.12 bits per heavy atom. The molecule has 2 nitrogen and oxygen atoms in total. The van der Waals surface area contributed by atoms with Gasteiger partial charge in [0.15, 0.2) is 0 Å². The van der Waals surface area contributed by atoms with Crippen molar-refractivity contribution in [2.24, 2.45) is 0 Å². The molecule has 0 radical (unpaired) electrons. The summed E-state index contributed by atoms with van der Waals surface area (Å²) >= 11 is 0. The van der Waals surface area contributed by atoms with E-state index in [1.54, 1.807) is 0 Å². The van der Waals surface area contributed by atoms with Crippen LogP contribution in [0, 0.1) is 0 Å². The molecule has 1 rings (SSSR count). The average molecular weight is 191 g/mol. The van der Waals surface area contributed by atoms with Gasteiger partial charge in [-0.15, -0.1) is 0 Å². The van der Waals surface area contributed by atoms with Gasteiger partial charge in [-0.2, -0.15) is 0 Å². The fourth-order valence-electron chi connectivity index (χ4n) is 0.585. The molecule has 0 aromatic heterocycles. The van der Waals surface area contributed by atoms with E-state index in [1.165, 1.54) is 6.42 Å². The van der Waals surface area contributed by atoms with Crippen LogP contribution < -0.4 is 0 Å². The van der Waals surface area contributed by atoms with Gasteiger partial charge >= 0.3 is 0 Å². The zero-order valence-electron chi connectivity index (χ0n) is 4.59. The predicted octanol–water partition coefficient (Wildman–Crippen LogP) is 0.709. The van der Waals surface area contributed by atoms with Crippen molar-refractivity contribution in [1.82, 2.24) is 0 Å². The second-order valence-electron chi connectivity index (χ2n) is 1.79. The maximum absolute atomic E-state index is 9.59. The van der Waals surface area contributed by atoms with E-state index in [1.807, 2.05) is 0 Å². The summed E-state index contributed by atoms with van der Waals surface area (Å²) in [4.78, 5) is 9.59. The molecule has 0 aromatic carbocycles. The molecule has 1 aliphatic carbocycles. The van der Waals surface area contributed by atoms with Crippen LogP contribution in [0.5, 0.6) is 0 Å². The topological polar surface area (TPSA) is 26.3 Å². The Morgan fingerprint density at radius 1 is 1.50 bits per heavy atom. The standard InChI is InChI=1S/C5H8O2.Zr/c6-4-7-5-2-1-3-5;/h4-5H,1-3H2;. The Morgan fingerprint density at radius 3 is 2.25 bits per heavy atom. The molecule has 0 atom stereocenters. The average Bonchev–Trinajstić information content (AvgIpc) is 1.55. The summed E-state index contributed by atoms with van der Waals surface area (Å²) in [7, 11) is 0. The zero-order chi connectivity index (χ0) is 5.11. The van der Waals surface area contributed by atoms with Gasteiger partial charge in [0, 0.05) is 26.2 Å². The third kappa shape index (κ3) is 2.08. The van der Waals surface area contributed by atoms with Crippen molar-refractivity contribution in [1.29, 1.82) is 0 Å². The van der Waals surface area contributed by atoms with E-state index in [2.05, 4.69) is 4.74 Å². The molecule has 3 heteroatoms. The first kappa shape index (κ1) is 8.35. The first-order valence-corrected chi connectivity index (χ1v) is 2.52. The summed E-state index contributed by atoms with van der Waals surface area (Å²) in [6, 6.07) is 0. The zero-order valence-corrected chi connectivity index (χ0v) is 7.05. The molecule has 1 aliphatic rings. The third-order valence-corrected chi connectivity index (χ3v) is 1.30. The summed E-state index contributed by atoms with van der Waals surface area (Å²) < 4.78 is 4.60. The molecule has 0 saturated heterocycles. The van der Waals surface area contributed by atoms with Crippen LogP contribution in [0.4, 0.5) is 0 Å². The Kier molecular flexibility index (Phi) is 4.44. The molecule has 0 N–H and O–H groups in total. The minimum atomic E-state index is 0. The van der Waals surface area contributed by atoms with Crippen LogP contribution in [-0.2, 0) is 35.7 Å². The van der Waals surface area contributed by atoms with Crippen molar-refractivity contribution in [2.75, 3.05) is 0 Å². The largest absolute Gasteiger partial charge is 0.465 e. The van der Waals surface area contributed by atoms with Crippen molar-refractivity contribution < 1.29 is 35.7 Å². The summed E-state index contributed by atoms with van der Waals surface area (Å²) in [6.07, 6.45) is 3.62. The van der Waals surface area contributed by atoms with Gasteiger partial charge in [-0.1, -0.05) is 0 Å². The van der Waals surface area contributed by atoms with Gasteiger partial charge in [0.05, 0.1) is 0 Å². The predicted molar refractivity (Wildman–Crippen MR) is 24.8 cm³/mol. The number of carbonyl (C=O) groups excluding carboxylic acids is 1. The smallest absolute Gasteiger partial charge is 0.293 e. The minimum Gasteiger partial charge on any atom is -0.465 e. The van der Waals surface area contributed by atoms with E-state index in [-0.39, 0.29) is 32.3 Å². The van der Waals surface area contributed by atoms with Crippen molar-refractivity contribution in [3.8, 4) is 0 Å². The van der Waals surface area contributed by atoms with Gasteiger partial charge < -0.3 is 4.74 Å². The van der Waals surface area contributed by atoms with Gasteiger partial charge in [-0.3, -0.25) is 4.79 Å². The second kappa shape index (κ2) is 4.25. The Labute approximate surface area is 67.7 Å². The molecule has 8 heavy (non-hydrogen) atoms. The molecule has 0 heterocycles. The molecule has 0 aromatic rings. The molecule has 0 amide bonds. The van der Waals surface area contributed by atoms with Crippen molar-refractivity contribution in [3.63, 3.8) is 0 Å². The summed E-state index contributed by atoms with van der Waals surface area (Å²) in [6.45, 7) is 0.532. The maximum atomic E-state index is 9.59. The number of rotatable bonds is 2. The van der Waals surface area contributed by atoms with Crippen LogP contribution in [0.25, 0.3) is 0 Å². The first-order valence-electron chi connectivity index (χ1n) is 2.52. The Bertz CT molecular complexity index is 70.8. The SMILES string of the molecule is O=COC1CCC1.[Zr]. The van der Waals surface area contributed by atoms with Gasteiger partial charge in [-0.05, 0) is 19.3 Å². The summed E-state index contributed by atoms with van der Waals surface area (Å²) in [5.41, 5.74) is 0. The molecule has 1 fully saturated rings. The maximum Gasteiger partial charge on any atom is 0.293 e. The van der Waals surface area contributed by atoms with Gasteiger partial charge in [-0.25, -0.2) is 0 Å². The number of carbonyl (C=O) groups is 1. The quantitative estimate of drug-likeness (QED) is 0.601. The molecule has 0 aliphatic heterocycles. The number of hydrogen-bond donors (Lipinski definition) is 0. The van der Waals surface area contributed by atoms with E-state index >= 15 is 0 Å². The Hall–Kier alpha value is 0.353. The minimum absolute atomic E-state index is 0. The number of hydrogen-bond acceptors (Lipinski definition) is 2. The van der Waals surface area contributed by atoms with Crippen LogP contribution in [0.15, 0.2) is 0 Å². The van der Waals surface area contributed by atoms with Gasteiger partial charge in [0.1, 0.15) is 6.10 Å². The molecular formula is C5H8O2Zr. The van der Waals surface area contributed by atoms with Crippen LogP contribution in [-0.4, -0.2) is 12.6 Å². The van der Waals surface area contributed by atoms with Crippen LogP contribution in [0.3, 0.4) is 0 Å². The van der Waals surface area contributed by atoms with Crippen LogP contribution in [0.2, 0.25) is 0 Å². The van der Waals surface area contributed by atoms with Gasteiger partial charge in [0.25, 0.3) is 6.47 Å². The van der Waals surface area contributed by atoms with E-state index in [0.29, 0.717) is 6.47 Å². The molecular weight excluding hydrogens is 183 g/mol. The molecule has 0 unspecified atom stereocenters. The van der Waals surface area contributed by atoms with Crippen molar-refractivity contribution >= 4 is 6.47 Å². The molecule has 44 valence electrons. The first-order chi connectivity index (χ1) is 3.43. The Balaban J connectivity index is 0.000000490. The van der Waals surface area contributed by atoms with E-state index in [0.717, 1.165) is 12.8 Å². The second-order valence-corrected chi connectivity index (χ2v) is 1.79. The van der Waals surface area contributed by atoms with E-state index < -0.39 is 0 Å². The monoisotopic (exact) mass is 190 g/mol. The van der Waals surface area contributed by atoms with E-state index in [4.69, 9.17) is 0 Å². The van der Waals surface area contributed by atoms with Crippen molar-refractivity contribution in [2.45, 2.75) is 25.4 Å². The van der Waals surface area contributed by atoms with Crippen LogP contribution >= 0.6 is 0 Å².